The van der Waals surface area contributed by atoms with Gasteiger partial charge in [0.1, 0.15) is 11.5 Å². The number of fused-ring (bicyclic) bond motifs is 3. The number of rotatable bonds is 18. The molecule has 40 heavy (non-hydrogen) atoms. The van der Waals surface area contributed by atoms with Gasteiger partial charge in [0.25, 0.3) is 0 Å². The average Bonchev–Trinajstić information content (AvgIpc) is 3.00. The highest BCUT2D eigenvalue weighted by molar-refractivity contribution is 6.15. The maximum absolute atomic E-state index is 6.80. The zero-order valence-electron chi connectivity index (χ0n) is 25.7. The van der Waals surface area contributed by atoms with E-state index in [1.165, 1.54) is 25.7 Å². The zero-order chi connectivity index (χ0) is 29.1. The highest BCUT2D eigenvalue weighted by atomic mass is 16.5. The van der Waals surface area contributed by atoms with Crippen LogP contribution in [0.3, 0.4) is 0 Å². The van der Waals surface area contributed by atoms with Gasteiger partial charge in [0, 0.05) is 21.9 Å². The summed E-state index contributed by atoms with van der Waals surface area (Å²) in [5, 5.41) is 4.07. The number of unbranched alkanes of at least 4 members (excludes halogenated alkanes) is 2. The molecule has 4 nitrogen and oxygen atoms in total. The molecule has 0 N–H and O–H groups in total. The summed E-state index contributed by atoms with van der Waals surface area (Å²) < 4.78 is 25.1. The topological polar surface area (TPSA) is 36.9 Å². The number of methoxy groups -OCH3 is 2. The molecule has 3 rings (SSSR count). The molecule has 3 aromatic rings. The van der Waals surface area contributed by atoms with E-state index in [2.05, 4.69) is 65.1 Å². The summed E-state index contributed by atoms with van der Waals surface area (Å²) in [4.78, 5) is 0. The predicted molar refractivity (Wildman–Crippen MR) is 172 cm³/mol. The Morgan fingerprint density at radius 2 is 1.02 bits per heavy atom. The van der Waals surface area contributed by atoms with Crippen molar-refractivity contribution in [1.29, 1.82) is 0 Å². The quantitative estimate of drug-likeness (QED) is 0.149. The average molecular weight is 547 g/mol. The minimum atomic E-state index is 0.489. The normalized spacial score (nSPS) is 12.8. The van der Waals surface area contributed by atoms with Crippen LogP contribution in [-0.4, -0.2) is 27.4 Å². The molecule has 3 aromatic carbocycles. The largest absolute Gasteiger partial charge is 0.496 e. The Morgan fingerprint density at radius 3 is 1.32 bits per heavy atom. The van der Waals surface area contributed by atoms with E-state index < -0.39 is 0 Å². The Balaban J connectivity index is 2.32. The van der Waals surface area contributed by atoms with E-state index in [0.717, 1.165) is 81.4 Å². The third-order valence-electron chi connectivity index (χ3n) is 8.18. The predicted octanol–water partition coefficient (Wildman–Crippen LogP) is 10.5. The van der Waals surface area contributed by atoms with E-state index in [4.69, 9.17) is 18.9 Å². The van der Waals surface area contributed by atoms with E-state index >= 15 is 0 Å². The van der Waals surface area contributed by atoms with Gasteiger partial charge in [0.15, 0.2) is 11.5 Å². The molecule has 0 aliphatic rings. The molecule has 0 fully saturated rings. The summed E-state index contributed by atoms with van der Waals surface area (Å²) in [6.45, 7) is 18.4. The summed E-state index contributed by atoms with van der Waals surface area (Å²) in [5.41, 5.74) is 1.85. The van der Waals surface area contributed by atoms with Crippen molar-refractivity contribution in [3.05, 3.63) is 48.6 Å². The van der Waals surface area contributed by atoms with Crippen LogP contribution < -0.4 is 18.9 Å². The molecule has 0 radical (unpaired) electrons. The first-order valence-corrected chi connectivity index (χ1v) is 15.2. The fourth-order valence-corrected chi connectivity index (χ4v) is 5.42. The van der Waals surface area contributed by atoms with Crippen molar-refractivity contribution in [2.24, 2.45) is 11.8 Å². The van der Waals surface area contributed by atoms with Crippen molar-refractivity contribution in [3.8, 4) is 23.0 Å². The highest BCUT2D eigenvalue weighted by Gasteiger charge is 2.23. The number of ether oxygens (including phenoxy) is 4. The minimum Gasteiger partial charge on any atom is -0.496 e. The van der Waals surface area contributed by atoms with Crippen LogP contribution in [0.4, 0.5) is 0 Å². The van der Waals surface area contributed by atoms with Gasteiger partial charge < -0.3 is 18.9 Å². The van der Waals surface area contributed by atoms with Crippen LogP contribution in [-0.2, 0) is 0 Å². The first kappa shape index (κ1) is 31.4. The second-order valence-electron chi connectivity index (χ2n) is 10.8. The molecule has 0 saturated carbocycles. The number of benzene rings is 3. The van der Waals surface area contributed by atoms with Crippen LogP contribution >= 0.6 is 0 Å². The molecule has 0 bridgehead atoms. The van der Waals surface area contributed by atoms with E-state index in [1.54, 1.807) is 14.2 Å². The SMILES string of the molecule is C=Cc1cc2c(OCC(CC)CCCC)c(OCC(CC)CCCC)c3cc(C=C)c(OC)cc3c2cc1OC. The lowest BCUT2D eigenvalue weighted by molar-refractivity contribution is 0.203. The van der Waals surface area contributed by atoms with Gasteiger partial charge in [-0.2, -0.15) is 0 Å². The maximum Gasteiger partial charge on any atom is 0.169 e. The molecule has 0 aliphatic heterocycles. The molecule has 0 amide bonds. The molecule has 0 heterocycles. The van der Waals surface area contributed by atoms with Crippen LogP contribution in [0.15, 0.2) is 37.4 Å². The van der Waals surface area contributed by atoms with E-state index in [0.29, 0.717) is 25.0 Å². The first-order chi connectivity index (χ1) is 19.5. The van der Waals surface area contributed by atoms with Gasteiger partial charge in [-0.3, -0.25) is 0 Å². The lowest BCUT2D eigenvalue weighted by Crippen LogP contribution is -2.15. The summed E-state index contributed by atoms with van der Waals surface area (Å²) in [7, 11) is 3.39. The Bertz CT molecular complexity index is 1180. The zero-order valence-corrected chi connectivity index (χ0v) is 25.7. The second-order valence-corrected chi connectivity index (χ2v) is 10.8. The maximum atomic E-state index is 6.80. The monoisotopic (exact) mass is 546 g/mol. The molecular weight excluding hydrogens is 496 g/mol. The fraction of sp³-hybridized carbons (Fsp3) is 0.500. The van der Waals surface area contributed by atoms with Crippen LogP contribution in [0.5, 0.6) is 23.0 Å². The molecule has 0 spiro atoms. The van der Waals surface area contributed by atoms with Crippen molar-refractivity contribution in [2.45, 2.75) is 79.1 Å². The summed E-state index contributed by atoms with van der Waals surface area (Å²) >= 11 is 0. The van der Waals surface area contributed by atoms with Gasteiger partial charge in [0.05, 0.1) is 27.4 Å². The van der Waals surface area contributed by atoms with Crippen molar-refractivity contribution in [3.63, 3.8) is 0 Å². The van der Waals surface area contributed by atoms with Crippen molar-refractivity contribution in [2.75, 3.05) is 27.4 Å². The standard InChI is InChI=1S/C36H50O4/c1-9-15-17-25(11-3)23-39-35-31-19-27(13-5)33(37-7)21-29(31)30-22-34(38-8)28(14-6)20-32(30)36(35)40-24-26(12-4)18-16-10-2/h13-14,19-22,25-26H,5-6,9-12,15-18,23-24H2,1-4,7-8H3. The first-order valence-electron chi connectivity index (χ1n) is 15.2. The van der Waals surface area contributed by atoms with Crippen molar-refractivity contribution >= 4 is 33.7 Å². The van der Waals surface area contributed by atoms with Crippen LogP contribution in [0, 0.1) is 11.8 Å². The van der Waals surface area contributed by atoms with Gasteiger partial charge in [0.2, 0.25) is 0 Å². The van der Waals surface area contributed by atoms with Crippen LogP contribution in [0.2, 0.25) is 0 Å². The van der Waals surface area contributed by atoms with Gasteiger partial charge in [-0.05, 0) is 59.7 Å². The smallest absolute Gasteiger partial charge is 0.169 e. The van der Waals surface area contributed by atoms with Crippen LogP contribution in [0.1, 0.15) is 90.2 Å². The summed E-state index contributed by atoms with van der Waals surface area (Å²) in [6.07, 6.45) is 13.0. The molecule has 2 unspecified atom stereocenters. The van der Waals surface area contributed by atoms with Gasteiger partial charge >= 0.3 is 0 Å². The van der Waals surface area contributed by atoms with Gasteiger partial charge in [-0.1, -0.05) is 91.5 Å². The Hall–Kier alpha value is -3.14. The van der Waals surface area contributed by atoms with Gasteiger partial charge in [-0.15, -0.1) is 0 Å². The molecule has 218 valence electrons. The van der Waals surface area contributed by atoms with E-state index in [-0.39, 0.29) is 0 Å². The molecule has 0 saturated heterocycles. The third-order valence-corrected chi connectivity index (χ3v) is 8.18. The number of hydrogen-bond acceptors (Lipinski definition) is 4. The molecular formula is C36H50O4. The van der Waals surface area contributed by atoms with E-state index in [1.807, 2.05) is 12.2 Å². The summed E-state index contributed by atoms with van der Waals surface area (Å²) in [5.74, 6) is 4.12. The van der Waals surface area contributed by atoms with Gasteiger partial charge in [-0.25, -0.2) is 0 Å². The van der Waals surface area contributed by atoms with Crippen LogP contribution in [0.25, 0.3) is 33.7 Å². The molecule has 4 heteroatoms. The third kappa shape index (κ3) is 7.13. The molecule has 2 atom stereocenters. The summed E-state index contributed by atoms with van der Waals surface area (Å²) in [6, 6.07) is 8.42. The highest BCUT2D eigenvalue weighted by Crippen LogP contribution is 2.48. The Labute approximate surface area is 242 Å². The van der Waals surface area contributed by atoms with Crippen molar-refractivity contribution < 1.29 is 18.9 Å². The Kier molecular flexibility index (Phi) is 12.2. The lowest BCUT2D eigenvalue weighted by atomic mass is 9.95. The molecule has 0 aliphatic carbocycles. The number of hydrogen-bond donors (Lipinski definition) is 0. The van der Waals surface area contributed by atoms with Crippen molar-refractivity contribution in [1.82, 2.24) is 0 Å². The van der Waals surface area contributed by atoms with E-state index in [9.17, 15) is 0 Å². The molecule has 0 aromatic heterocycles. The Morgan fingerprint density at radius 1 is 0.625 bits per heavy atom. The minimum absolute atomic E-state index is 0.489. The fourth-order valence-electron chi connectivity index (χ4n) is 5.42. The lowest BCUT2D eigenvalue weighted by Gasteiger charge is -2.24. The second kappa shape index (κ2) is 15.6.